The number of rotatable bonds is 5. The van der Waals surface area contributed by atoms with Crippen molar-refractivity contribution in [2.45, 2.75) is 0 Å². The molecular formula is C14H14N2O3. The average Bonchev–Trinajstić information content (AvgIpc) is 2.94. The number of nitrogens with zero attached hydrogens (tertiary/aromatic N) is 2. The van der Waals surface area contributed by atoms with Crippen LogP contribution < -0.4 is 9.47 Å². The molecule has 1 aromatic heterocycles. The fourth-order valence-corrected chi connectivity index (χ4v) is 1.76. The first-order valence-corrected chi connectivity index (χ1v) is 5.64. The molecule has 19 heavy (non-hydrogen) atoms. The Kier molecular flexibility index (Phi) is 3.66. The molecule has 0 atom stereocenters. The zero-order chi connectivity index (χ0) is 13.8. The van der Waals surface area contributed by atoms with E-state index in [1.807, 2.05) is 0 Å². The fourth-order valence-electron chi connectivity index (χ4n) is 1.76. The van der Waals surface area contributed by atoms with Gasteiger partial charge in [0.1, 0.15) is 5.69 Å². The number of benzene rings is 1. The molecule has 0 aliphatic heterocycles. The summed E-state index contributed by atoms with van der Waals surface area (Å²) >= 11 is 0. The van der Waals surface area contributed by atoms with E-state index in [0.29, 0.717) is 22.8 Å². The lowest BCUT2D eigenvalue weighted by atomic mass is 10.1. The van der Waals surface area contributed by atoms with Crippen LogP contribution in [0.4, 0.5) is 0 Å². The molecule has 0 fully saturated rings. The molecule has 2 rings (SSSR count). The molecule has 0 bridgehead atoms. The van der Waals surface area contributed by atoms with Crippen LogP contribution in [-0.2, 0) is 0 Å². The van der Waals surface area contributed by atoms with Crippen molar-refractivity contribution in [1.29, 1.82) is 0 Å². The minimum Gasteiger partial charge on any atom is -0.493 e. The molecule has 0 unspecified atom stereocenters. The average molecular weight is 258 g/mol. The number of methoxy groups -OCH3 is 2. The number of hydrogen-bond donors (Lipinski definition) is 0. The minimum atomic E-state index is -0.154. The summed E-state index contributed by atoms with van der Waals surface area (Å²) in [6, 6.07) is 6.66. The summed E-state index contributed by atoms with van der Waals surface area (Å²) in [4.78, 5) is 12.3. The maximum absolute atomic E-state index is 12.3. The van der Waals surface area contributed by atoms with Crippen LogP contribution in [0.15, 0.2) is 37.0 Å². The van der Waals surface area contributed by atoms with Crippen LogP contribution in [0, 0.1) is 0 Å². The summed E-state index contributed by atoms with van der Waals surface area (Å²) in [7, 11) is 3.08. The Bertz CT molecular complexity index is 617. The predicted octanol–water partition coefficient (Wildman–Crippen LogP) is 2.23. The minimum absolute atomic E-state index is 0.154. The number of hydrogen-bond acceptors (Lipinski definition) is 4. The molecule has 2 aromatic rings. The summed E-state index contributed by atoms with van der Waals surface area (Å²) in [5.74, 6) is 0.938. The molecule has 0 amide bonds. The van der Waals surface area contributed by atoms with E-state index in [9.17, 15) is 4.79 Å². The van der Waals surface area contributed by atoms with Crippen molar-refractivity contribution in [2.75, 3.05) is 14.2 Å². The highest BCUT2D eigenvalue weighted by atomic mass is 16.5. The van der Waals surface area contributed by atoms with Crippen molar-refractivity contribution in [3.63, 3.8) is 0 Å². The summed E-state index contributed by atoms with van der Waals surface area (Å²) in [6.45, 7) is 3.60. The van der Waals surface area contributed by atoms with Crippen molar-refractivity contribution < 1.29 is 14.3 Å². The number of carbonyl (C=O) groups excluding carboxylic acids is 1. The van der Waals surface area contributed by atoms with E-state index in [1.165, 1.54) is 18.0 Å². The Morgan fingerprint density at radius 1 is 1.26 bits per heavy atom. The maximum Gasteiger partial charge on any atom is 0.211 e. The van der Waals surface area contributed by atoms with Gasteiger partial charge in [-0.05, 0) is 24.3 Å². The quantitative estimate of drug-likeness (QED) is 0.772. The SMILES string of the molecule is C=Cn1nccc1C(=O)c1ccc(OC)c(OC)c1. The van der Waals surface area contributed by atoms with Crippen LogP contribution in [0.5, 0.6) is 11.5 Å². The van der Waals surface area contributed by atoms with E-state index in [4.69, 9.17) is 9.47 Å². The molecule has 0 radical (unpaired) electrons. The lowest BCUT2D eigenvalue weighted by Gasteiger charge is -2.09. The van der Waals surface area contributed by atoms with Crippen LogP contribution in [0.1, 0.15) is 16.1 Å². The van der Waals surface area contributed by atoms with Gasteiger partial charge in [0, 0.05) is 11.8 Å². The van der Waals surface area contributed by atoms with E-state index in [0.717, 1.165) is 0 Å². The molecule has 0 saturated carbocycles. The summed E-state index contributed by atoms with van der Waals surface area (Å²) in [5, 5.41) is 3.98. The number of aromatic nitrogens is 2. The second kappa shape index (κ2) is 5.39. The third-order valence-electron chi connectivity index (χ3n) is 2.72. The Labute approximate surface area is 111 Å². The van der Waals surface area contributed by atoms with Gasteiger partial charge in [-0.1, -0.05) is 6.58 Å². The van der Waals surface area contributed by atoms with Gasteiger partial charge in [0.2, 0.25) is 5.78 Å². The number of carbonyl (C=O) groups is 1. The van der Waals surface area contributed by atoms with Crippen LogP contribution >= 0.6 is 0 Å². The molecule has 1 heterocycles. The third kappa shape index (κ3) is 2.35. The first kappa shape index (κ1) is 12.9. The largest absolute Gasteiger partial charge is 0.493 e. The Morgan fingerprint density at radius 2 is 2.00 bits per heavy atom. The molecule has 0 N–H and O–H groups in total. The summed E-state index contributed by atoms with van der Waals surface area (Å²) in [6.07, 6.45) is 3.03. The van der Waals surface area contributed by atoms with E-state index in [-0.39, 0.29) is 5.78 Å². The Balaban J connectivity index is 2.42. The van der Waals surface area contributed by atoms with Gasteiger partial charge in [0.15, 0.2) is 11.5 Å². The predicted molar refractivity (Wildman–Crippen MR) is 71.6 cm³/mol. The van der Waals surface area contributed by atoms with Gasteiger partial charge in [0.25, 0.3) is 0 Å². The van der Waals surface area contributed by atoms with Gasteiger partial charge in [-0.25, -0.2) is 4.68 Å². The van der Waals surface area contributed by atoms with Gasteiger partial charge in [-0.2, -0.15) is 5.10 Å². The van der Waals surface area contributed by atoms with E-state index < -0.39 is 0 Å². The molecule has 98 valence electrons. The van der Waals surface area contributed by atoms with Crippen molar-refractivity contribution >= 4 is 12.0 Å². The van der Waals surface area contributed by atoms with Gasteiger partial charge in [-0.3, -0.25) is 4.79 Å². The van der Waals surface area contributed by atoms with Crippen molar-refractivity contribution in [3.8, 4) is 11.5 Å². The van der Waals surface area contributed by atoms with Crippen molar-refractivity contribution in [1.82, 2.24) is 9.78 Å². The highest BCUT2D eigenvalue weighted by molar-refractivity contribution is 6.08. The molecular weight excluding hydrogens is 244 g/mol. The van der Waals surface area contributed by atoms with Crippen LogP contribution in [0.2, 0.25) is 0 Å². The lowest BCUT2D eigenvalue weighted by Crippen LogP contribution is -2.07. The number of ether oxygens (including phenoxy) is 2. The van der Waals surface area contributed by atoms with Gasteiger partial charge < -0.3 is 9.47 Å². The van der Waals surface area contributed by atoms with Gasteiger partial charge >= 0.3 is 0 Å². The van der Waals surface area contributed by atoms with Gasteiger partial charge in [0.05, 0.1) is 20.4 Å². The van der Waals surface area contributed by atoms with Crippen LogP contribution in [-0.4, -0.2) is 29.8 Å². The molecule has 0 aliphatic carbocycles. The van der Waals surface area contributed by atoms with E-state index in [2.05, 4.69) is 11.7 Å². The second-order valence-corrected chi connectivity index (χ2v) is 3.74. The third-order valence-corrected chi connectivity index (χ3v) is 2.72. The standard InChI is InChI=1S/C14H14N2O3/c1-4-16-11(7-8-15-16)14(17)10-5-6-12(18-2)13(9-10)19-3/h4-9H,1H2,2-3H3. The monoisotopic (exact) mass is 258 g/mol. The van der Waals surface area contributed by atoms with E-state index >= 15 is 0 Å². The molecule has 5 nitrogen and oxygen atoms in total. The first-order valence-electron chi connectivity index (χ1n) is 5.64. The molecule has 0 saturated heterocycles. The van der Waals surface area contributed by atoms with Crippen LogP contribution in [0.3, 0.4) is 0 Å². The fraction of sp³-hybridized carbons (Fsp3) is 0.143. The summed E-state index contributed by atoms with van der Waals surface area (Å²) in [5.41, 5.74) is 0.948. The summed E-state index contributed by atoms with van der Waals surface area (Å²) < 4.78 is 11.7. The highest BCUT2D eigenvalue weighted by Gasteiger charge is 2.15. The topological polar surface area (TPSA) is 53.4 Å². The first-order chi connectivity index (χ1) is 9.21. The molecule has 0 spiro atoms. The van der Waals surface area contributed by atoms with Crippen molar-refractivity contribution in [3.05, 3.63) is 48.3 Å². The maximum atomic E-state index is 12.3. The Hall–Kier alpha value is -2.56. The second-order valence-electron chi connectivity index (χ2n) is 3.74. The van der Waals surface area contributed by atoms with Gasteiger partial charge in [-0.15, -0.1) is 0 Å². The zero-order valence-electron chi connectivity index (χ0n) is 10.8. The molecule has 0 aliphatic rings. The van der Waals surface area contributed by atoms with E-state index in [1.54, 1.807) is 37.6 Å². The Morgan fingerprint density at radius 3 is 2.63 bits per heavy atom. The normalized spacial score (nSPS) is 10.0. The van der Waals surface area contributed by atoms with Crippen molar-refractivity contribution in [2.24, 2.45) is 0 Å². The molecule has 5 heteroatoms. The number of ketones is 1. The highest BCUT2D eigenvalue weighted by Crippen LogP contribution is 2.28. The molecule has 1 aromatic carbocycles. The van der Waals surface area contributed by atoms with Crippen LogP contribution in [0.25, 0.3) is 6.20 Å². The smallest absolute Gasteiger partial charge is 0.211 e. The lowest BCUT2D eigenvalue weighted by molar-refractivity contribution is 0.103. The zero-order valence-corrected chi connectivity index (χ0v) is 10.8.